The predicted molar refractivity (Wildman–Crippen MR) is 43.2 cm³/mol. The van der Waals surface area contributed by atoms with Crippen LogP contribution in [0.15, 0.2) is 4.99 Å². The van der Waals surface area contributed by atoms with Crippen molar-refractivity contribution in [3.8, 4) is 0 Å². The number of nitrogens with two attached hydrogens (primary N) is 1. The maximum absolute atomic E-state index is 5.39. The smallest absolute Gasteiger partial charge is 0.0958 e. The Labute approximate surface area is 61.9 Å². The summed E-state index contributed by atoms with van der Waals surface area (Å²) in [4.78, 5) is 6.56. The second-order valence-corrected chi connectivity index (χ2v) is 2.56. The van der Waals surface area contributed by atoms with Crippen LogP contribution in [0.3, 0.4) is 0 Å². The van der Waals surface area contributed by atoms with Crippen molar-refractivity contribution in [2.45, 2.75) is 13.3 Å². The lowest BCUT2D eigenvalue weighted by atomic mass is 10.4. The van der Waals surface area contributed by atoms with E-state index in [9.17, 15) is 0 Å². The van der Waals surface area contributed by atoms with Crippen LogP contribution in [0.25, 0.3) is 0 Å². The van der Waals surface area contributed by atoms with Crippen LogP contribution >= 0.6 is 0 Å². The fraction of sp³-hybridized carbons (Fsp3) is 0.857. The van der Waals surface area contributed by atoms with Crippen LogP contribution in [0.5, 0.6) is 0 Å². The van der Waals surface area contributed by atoms with Crippen molar-refractivity contribution >= 4 is 5.84 Å². The predicted octanol–water partition coefficient (Wildman–Crippen LogP) is 0.0692. The Balaban J connectivity index is 2.22. The Morgan fingerprint density at radius 2 is 2.50 bits per heavy atom. The molecule has 0 spiro atoms. The van der Waals surface area contributed by atoms with E-state index >= 15 is 0 Å². The molecule has 58 valence electrons. The molecule has 1 rings (SSSR count). The summed E-state index contributed by atoms with van der Waals surface area (Å²) in [5.74, 6) is 1.17. The van der Waals surface area contributed by atoms with E-state index in [1.54, 1.807) is 0 Å². The summed E-state index contributed by atoms with van der Waals surface area (Å²) in [6.45, 7) is 5.97. The molecular formula is C7H15N3. The first-order valence-corrected chi connectivity index (χ1v) is 3.80. The molecule has 0 saturated heterocycles. The first-order valence-electron chi connectivity index (χ1n) is 3.80. The summed E-state index contributed by atoms with van der Waals surface area (Å²) in [6, 6.07) is 0. The highest BCUT2D eigenvalue weighted by molar-refractivity contribution is 5.81. The summed E-state index contributed by atoms with van der Waals surface area (Å²) >= 11 is 0. The minimum Gasteiger partial charge on any atom is -0.359 e. The monoisotopic (exact) mass is 141 g/mol. The van der Waals surface area contributed by atoms with Gasteiger partial charge in [0.25, 0.3) is 0 Å². The topological polar surface area (TPSA) is 41.6 Å². The maximum Gasteiger partial charge on any atom is 0.0958 e. The standard InChI is InChI=1S/C7H15N3/c1-7-9-4-6-10(7)5-2-3-8/h2-6,8H2,1H3. The first kappa shape index (κ1) is 7.54. The molecule has 3 nitrogen and oxygen atoms in total. The highest BCUT2D eigenvalue weighted by atomic mass is 15.2. The van der Waals surface area contributed by atoms with Gasteiger partial charge >= 0.3 is 0 Å². The SMILES string of the molecule is CC1=NCCN1CCCN. The van der Waals surface area contributed by atoms with Gasteiger partial charge in [-0.1, -0.05) is 0 Å². The molecule has 0 atom stereocenters. The molecule has 1 aliphatic heterocycles. The fourth-order valence-corrected chi connectivity index (χ4v) is 1.15. The fourth-order valence-electron chi connectivity index (χ4n) is 1.15. The van der Waals surface area contributed by atoms with Gasteiger partial charge in [-0.25, -0.2) is 0 Å². The van der Waals surface area contributed by atoms with Crippen molar-refractivity contribution in [3.63, 3.8) is 0 Å². The molecule has 1 heterocycles. The first-order chi connectivity index (χ1) is 4.84. The summed E-state index contributed by atoms with van der Waals surface area (Å²) in [5, 5.41) is 0. The van der Waals surface area contributed by atoms with Gasteiger partial charge in [-0.3, -0.25) is 4.99 Å². The minimum absolute atomic E-state index is 0.782. The third-order valence-electron chi connectivity index (χ3n) is 1.80. The molecule has 3 heteroatoms. The van der Waals surface area contributed by atoms with Gasteiger partial charge in [0.15, 0.2) is 0 Å². The number of hydrogen-bond donors (Lipinski definition) is 1. The maximum atomic E-state index is 5.39. The van der Waals surface area contributed by atoms with Gasteiger partial charge in [0.2, 0.25) is 0 Å². The number of nitrogens with zero attached hydrogens (tertiary/aromatic N) is 2. The quantitative estimate of drug-likeness (QED) is 0.604. The summed E-state index contributed by atoms with van der Waals surface area (Å²) in [6.07, 6.45) is 1.08. The molecule has 0 aliphatic carbocycles. The average molecular weight is 141 g/mol. The van der Waals surface area contributed by atoms with Gasteiger partial charge in [0.1, 0.15) is 0 Å². The second-order valence-electron chi connectivity index (χ2n) is 2.56. The van der Waals surface area contributed by atoms with E-state index in [1.807, 2.05) is 0 Å². The molecule has 0 amide bonds. The van der Waals surface area contributed by atoms with Crippen molar-refractivity contribution in [2.24, 2.45) is 10.7 Å². The summed E-state index contributed by atoms with van der Waals surface area (Å²) in [5.41, 5.74) is 5.39. The Morgan fingerprint density at radius 3 is 3.00 bits per heavy atom. The molecule has 0 aromatic carbocycles. The lowest BCUT2D eigenvalue weighted by molar-refractivity contribution is 0.447. The third-order valence-corrected chi connectivity index (χ3v) is 1.80. The van der Waals surface area contributed by atoms with E-state index in [0.717, 1.165) is 32.6 Å². The van der Waals surface area contributed by atoms with Crippen LogP contribution in [0, 0.1) is 0 Å². The lowest BCUT2D eigenvalue weighted by Gasteiger charge is -2.16. The molecule has 0 saturated carbocycles. The van der Waals surface area contributed by atoms with E-state index in [-0.39, 0.29) is 0 Å². The minimum atomic E-state index is 0.782. The number of rotatable bonds is 3. The van der Waals surface area contributed by atoms with Gasteiger partial charge in [-0.05, 0) is 19.9 Å². The number of aliphatic imine (C=N–C) groups is 1. The Morgan fingerprint density at radius 1 is 1.70 bits per heavy atom. The van der Waals surface area contributed by atoms with E-state index in [0.29, 0.717) is 0 Å². The molecule has 0 radical (unpaired) electrons. The van der Waals surface area contributed by atoms with Crippen molar-refractivity contribution in [2.75, 3.05) is 26.2 Å². The number of hydrogen-bond acceptors (Lipinski definition) is 3. The average Bonchev–Trinajstić information content (AvgIpc) is 2.31. The van der Waals surface area contributed by atoms with Crippen LogP contribution < -0.4 is 5.73 Å². The van der Waals surface area contributed by atoms with Gasteiger partial charge in [0.05, 0.1) is 12.4 Å². The van der Waals surface area contributed by atoms with Gasteiger partial charge in [-0.15, -0.1) is 0 Å². The van der Waals surface area contributed by atoms with Crippen molar-refractivity contribution in [1.82, 2.24) is 4.90 Å². The van der Waals surface area contributed by atoms with Crippen LogP contribution in [-0.4, -0.2) is 36.9 Å². The molecule has 0 fully saturated rings. The molecule has 2 N–H and O–H groups in total. The second kappa shape index (κ2) is 3.56. The molecule has 1 aliphatic rings. The highest BCUT2D eigenvalue weighted by Gasteiger charge is 2.10. The van der Waals surface area contributed by atoms with Crippen molar-refractivity contribution in [3.05, 3.63) is 0 Å². The Kier molecular flexibility index (Phi) is 2.68. The largest absolute Gasteiger partial charge is 0.359 e. The number of amidine groups is 1. The van der Waals surface area contributed by atoms with Gasteiger partial charge in [-0.2, -0.15) is 0 Å². The highest BCUT2D eigenvalue weighted by Crippen LogP contribution is 2.00. The van der Waals surface area contributed by atoms with E-state index in [1.165, 1.54) is 5.84 Å². The summed E-state index contributed by atoms with van der Waals surface area (Å²) in [7, 11) is 0. The summed E-state index contributed by atoms with van der Waals surface area (Å²) < 4.78 is 0. The van der Waals surface area contributed by atoms with Crippen LogP contribution in [0.4, 0.5) is 0 Å². The zero-order valence-corrected chi connectivity index (χ0v) is 6.51. The van der Waals surface area contributed by atoms with Gasteiger partial charge in [0, 0.05) is 13.1 Å². The molecule has 0 unspecified atom stereocenters. The van der Waals surface area contributed by atoms with E-state index in [4.69, 9.17) is 5.73 Å². The molecule has 0 bridgehead atoms. The van der Waals surface area contributed by atoms with Crippen molar-refractivity contribution < 1.29 is 0 Å². The van der Waals surface area contributed by atoms with Crippen LogP contribution in [0.1, 0.15) is 13.3 Å². The van der Waals surface area contributed by atoms with E-state index < -0.39 is 0 Å². The molecule has 0 aromatic heterocycles. The third kappa shape index (κ3) is 1.70. The Hall–Kier alpha value is -0.570. The van der Waals surface area contributed by atoms with Crippen LogP contribution in [-0.2, 0) is 0 Å². The zero-order chi connectivity index (χ0) is 7.40. The van der Waals surface area contributed by atoms with Crippen LogP contribution in [0.2, 0.25) is 0 Å². The normalized spacial score (nSPS) is 17.8. The molecule has 10 heavy (non-hydrogen) atoms. The van der Waals surface area contributed by atoms with E-state index in [2.05, 4.69) is 16.8 Å². The Bertz CT molecular complexity index is 131. The zero-order valence-electron chi connectivity index (χ0n) is 6.51. The molecular weight excluding hydrogens is 126 g/mol. The van der Waals surface area contributed by atoms with Crippen molar-refractivity contribution in [1.29, 1.82) is 0 Å². The lowest BCUT2D eigenvalue weighted by Crippen LogP contribution is -2.28. The van der Waals surface area contributed by atoms with Gasteiger partial charge < -0.3 is 10.6 Å². The molecule has 0 aromatic rings.